The summed E-state index contributed by atoms with van der Waals surface area (Å²) in [5, 5.41) is 5.43. The van der Waals surface area contributed by atoms with Gasteiger partial charge in [0.25, 0.3) is 0 Å². The van der Waals surface area contributed by atoms with Crippen LogP contribution in [0.5, 0.6) is 5.88 Å². The summed E-state index contributed by atoms with van der Waals surface area (Å²) in [6.07, 6.45) is 2.02. The van der Waals surface area contributed by atoms with Crippen molar-refractivity contribution in [1.29, 1.82) is 0 Å². The van der Waals surface area contributed by atoms with Gasteiger partial charge in [0, 0.05) is 17.3 Å². The molecule has 0 saturated carbocycles. The highest BCUT2D eigenvalue weighted by Crippen LogP contribution is 2.24. The summed E-state index contributed by atoms with van der Waals surface area (Å²) < 4.78 is 7.40. The lowest BCUT2D eigenvalue weighted by molar-refractivity contribution is 0.395. The average Bonchev–Trinajstić information content (AvgIpc) is 2.96. The molecule has 0 saturated heterocycles. The molecule has 5 heteroatoms. The molecule has 2 heterocycles. The van der Waals surface area contributed by atoms with Gasteiger partial charge in [0.1, 0.15) is 5.69 Å². The second kappa shape index (κ2) is 4.93. The largest absolute Gasteiger partial charge is 0.480 e. The van der Waals surface area contributed by atoms with Crippen molar-refractivity contribution < 1.29 is 4.74 Å². The van der Waals surface area contributed by atoms with Gasteiger partial charge in [0.05, 0.1) is 13.7 Å². The maximum atomic E-state index is 5.34. The molecule has 3 rings (SSSR count). The first-order valence-corrected chi connectivity index (χ1v) is 6.95. The summed E-state index contributed by atoms with van der Waals surface area (Å²) in [6.45, 7) is 2.77. The Labute approximate surface area is 115 Å². The van der Waals surface area contributed by atoms with Crippen LogP contribution in [0.3, 0.4) is 0 Å². The Morgan fingerprint density at radius 1 is 1.42 bits per heavy atom. The van der Waals surface area contributed by atoms with E-state index in [4.69, 9.17) is 4.74 Å². The van der Waals surface area contributed by atoms with Gasteiger partial charge < -0.3 is 10.1 Å². The Morgan fingerprint density at radius 3 is 3.11 bits per heavy atom. The van der Waals surface area contributed by atoms with Gasteiger partial charge in [-0.05, 0) is 24.6 Å². The van der Waals surface area contributed by atoms with Crippen LogP contribution in [0.1, 0.15) is 11.3 Å². The Hall–Kier alpha value is -2.01. The van der Waals surface area contributed by atoms with Gasteiger partial charge in [-0.15, -0.1) is 11.3 Å². The molecule has 4 nitrogen and oxygen atoms in total. The van der Waals surface area contributed by atoms with Gasteiger partial charge in [-0.25, -0.2) is 0 Å². The number of hydrogen-bond acceptors (Lipinski definition) is 4. The van der Waals surface area contributed by atoms with E-state index in [0.29, 0.717) is 12.4 Å². The minimum absolute atomic E-state index is 0.685. The summed E-state index contributed by atoms with van der Waals surface area (Å²) >= 11 is 1.61. The molecule has 0 aliphatic carbocycles. The van der Waals surface area contributed by atoms with Crippen molar-refractivity contribution in [1.82, 2.24) is 9.38 Å². The molecule has 0 radical (unpaired) electrons. The number of methoxy groups -OCH3 is 1. The zero-order valence-electron chi connectivity index (χ0n) is 10.9. The van der Waals surface area contributed by atoms with E-state index in [9.17, 15) is 0 Å². The molecule has 98 valence electrons. The van der Waals surface area contributed by atoms with E-state index in [1.165, 1.54) is 5.56 Å². The summed E-state index contributed by atoms with van der Waals surface area (Å²) in [4.78, 5) is 5.40. The molecule has 0 fully saturated rings. The third-order valence-electron chi connectivity index (χ3n) is 3.00. The fraction of sp³-hybridized carbons (Fsp3) is 0.214. The maximum absolute atomic E-state index is 5.34. The molecule has 3 aromatic rings. The molecule has 2 aromatic heterocycles. The number of rotatable bonds is 4. The first-order valence-electron chi connectivity index (χ1n) is 6.07. The number of aromatic nitrogens is 2. The van der Waals surface area contributed by atoms with Crippen LogP contribution in [0.2, 0.25) is 0 Å². The number of nitrogens with one attached hydrogen (secondary N) is 1. The second-order valence-corrected chi connectivity index (χ2v) is 5.22. The number of thiazole rings is 1. The summed E-state index contributed by atoms with van der Waals surface area (Å²) in [5.74, 6) is 0.687. The fourth-order valence-corrected chi connectivity index (χ4v) is 2.80. The molecule has 0 aliphatic heterocycles. The van der Waals surface area contributed by atoms with E-state index < -0.39 is 0 Å². The molecule has 0 aliphatic rings. The number of fused-ring (bicyclic) bond motifs is 1. The van der Waals surface area contributed by atoms with Gasteiger partial charge in [-0.3, -0.25) is 4.40 Å². The first-order chi connectivity index (χ1) is 9.28. The van der Waals surface area contributed by atoms with Crippen LogP contribution in [0.4, 0.5) is 5.69 Å². The lowest BCUT2D eigenvalue weighted by Crippen LogP contribution is -2.03. The Balaban J connectivity index is 1.86. The zero-order chi connectivity index (χ0) is 13.2. The molecule has 19 heavy (non-hydrogen) atoms. The van der Waals surface area contributed by atoms with E-state index in [2.05, 4.69) is 39.8 Å². The predicted molar refractivity (Wildman–Crippen MR) is 78.1 cm³/mol. The van der Waals surface area contributed by atoms with E-state index in [0.717, 1.165) is 16.3 Å². The lowest BCUT2D eigenvalue weighted by Gasteiger charge is -2.07. The Kier molecular flexibility index (Phi) is 3.13. The summed E-state index contributed by atoms with van der Waals surface area (Å²) in [5.41, 5.74) is 3.39. The van der Waals surface area contributed by atoms with Crippen LogP contribution in [-0.2, 0) is 6.54 Å². The fourth-order valence-electron chi connectivity index (χ4n) is 2.08. The molecule has 0 unspecified atom stereocenters. The molecule has 0 spiro atoms. The minimum Gasteiger partial charge on any atom is -0.480 e. The highest BCUT2D eigenvalue weighted by Gasteiger charge is 2.13. The van der Waals surface area contributed by atoms with Crippen molar-refractivity contribution in [2.45, 2.75) is 13.5 Å². The standard InChI is InChI=1S/C14H15N3OS/c1-10-4-3-5-11(8-10)15-9-12-13(18-2)16-14-17(12)6-7-19-14/h3-8,15H,9H2,1-2H3. The topological polar surface area (TPSA) is 38.6 Å². The molecule has 0 atom stereocenters. The second-order valence-electron chi connectivity index (χ2n) is 4.35. The van der Waals surface area contributed by atoms with Crippen molar-refractivity contribution in [2.75, 3.05) is 12.4 Å². The van der Waals surface area contributed by atoms with E-state index in [-0.39, 0.29) is 0 Å². The predicted octanol–water partition coefficient (Wildman–Crippen LogP) is 3.32. The average molecular weight is 273 g/mol. The maximum Gasteiger partial charge on any atom is 0.238 e. The van der Waals surface area contributed by atoms with Gasteiger partial charge in [0.2, 0.25) is 5.88 Å². The number of anilines is 1. The lowest BCUT2D eigenvalue weighted by atomic mass is 10.2. The van der Waals surface area contributed by atoms with Crippen LogP contribution in [0.25, 0.3) is 4.96 Å². The molecular weight excluding hydrogens is 258 g/mol. The summed E-state index contributed by atoms with van der Waals surface area (Å²) in [7, 11) is 1.66. The molecule has 0 bridgehead atoms. The number of benzene rings is 1. The van der Waals surface area contributed by atoms with Gasteiger partial charge >= 0.3 is 0 Å². The SMILES string of the molecule is COc1nc2sccn2c1CNc1cccc(C)c1. The molecule has 1 N–H and O–H groups in total. The van der Waals surface area contributed by atoms with Crippen molar-refractivity contribution >= 4 is 22.0 Å². The Morgan fingerprint density at radius 2 is 2.32 bits per heavy atom. The van der Waals surface area contributed by atoms with E-state index in [1.54, 1.807) is 18.4 Å². The number of ether oxygens (including phenoxy) is 1. The van der Waals surface area contributed by atoms with Crippen LogP contribution in [0.15, 0.2) is 35.8 Å². The van der Waals surface area contributed by atoms with Gasteiger partial charge in [-0.2, -0.15) is 4.98 Å². The number of aryl methyl sites for hydroxylation is 1. The van der Waals surface area contributed by atoms with Gasteiger partial charge in [0.15, 0.2) is 4.96 Å². The van der Waals surface area contributed by atoms with Crippen LogP contribution in [-0.4, -0.2) is 16.5 Å². The highest BCUT2D eigenvalue weighted by atomic mass is 32.1. The molecular formula is C14H15N3OS. The smallest absolute Gasteiger partial charge is 0.238 e. The monoisotopic (exact) mass is 273 g/mol. The number of hydrogen-bond donors (Lipinski definition) is 1. The number of nitrogens with zero attached hydrogens (tertiary/aromatic N) is 2. The van der Waals surface area contributed by atoms with Crippen LogP contribution < -0.4 is 10.1 Å². The minimum atomic E-state index is 0.685. The Bertz CT molecular complexity index is 702. The van der Waals surface area contributed by atoms with Crippen LogP contribution in [0, 0.1) is 6.92 Å². The highest BCUT2D eigenvalue weighted by molar-refractivity contribution is 7.15. The van der Waals surface area contributed by atoms with Crippen LogP contribution >= 0.6 is 11.3 Å². The van der Waals surface area contributed by atoms with Crippen molar-refractivity contribution in [3.8, 4) is 5.88 Å². The molecule has 1 aromatic carbocycles. The van der Waals surface area contributed by atoms with Crippen molar-refractivity contribution in [2.24, 2.45) is 0 Å². The van der Waals surface area contributed by atoms with E-state index >= 15 is 0 Å². The third-order valence-corrected chi connectivity index (χ3v) is 3.75. The first kappa shape index (κ1) is 12.0. The van der Waals surface area contributed by atoms with E-state index in [1.807, 2.05) is 17.6 Å². The van der Waals surface area contributed by atoms with Gasteiger partial charge in [-0.1, -0.05) is 12.1 Å². The zero-order valence-corrected chi connectivity index (χ0v) is 11.7. The van der Waals surface area contributed by atoms with Crippen molar-refractivity contribution in [3.63, 3.8) is 0 Å². The quantitative estimate of drug-likeness (QED) is 0.792. The molecule has 0 amide bonds. The number of imidazole rings is 1. The normalized spacial score (nSPS) is 10.8. The van der Waals surface area contributed by atoms with Crippen molar-refractivity contribution in [3.05, 3.63) is 47.1 Å². The summed E-state index contributed by atoms with van der Waals surface area (Å²) in [6, 6.07) is 8.32. The third kappa shape index (κ3) is 2.29.